The van der Waals surface area contributed by atoms with Gasteiger partial charge < -0.3 is 9.84 Å². The molecule has 0 spiro atoms. The standard InChI is InChI=1S/C17H21FN2O2/c1-11-2-3-12(8-11)6-7-19-17(21)10-15-14-9-13(18)4-5-16(14)22-20-15/h4-5,9,11-12H,2-3,6-8,10H2,1H3,(H,19,21). The molecule has 2 atom stereocenters. The molecule has 1 N–H and O–H groups in total. The molecule has 3 rings (SSSR count). The molecule has 1 aliphatic carbocycles. The Hall–Kier alpha value is -1.91. The van der Waals surface area contributed by atoms with Crippen LogP contribution in [0.15, 0.2) is 22.7 Å². The van der Waals surface area contributed by atoms with Gasteiger partial charge in [-0.25, -0.2) is 4.39 Å². The van der Waals surface area contributed by atoms with Crippen LogP contribution in [0.2, 0.25) is 0 Å². The Kier molecular flexibility index (Phi) is 4.41. The monoisotopic (exact) mass is 304 g/mol. The van der Waals surface area contributed by atoms with Gasteiger partial charge >= 0.3 is 0 Å². The number of fused-ring (bicyclic) bond motifs is 1. The van der Waals surface area contributed by atoms with Gasteiger partial charge in [0.25, 0.3) is 0 Å². The van der Waals surface area contributed by atoms with Crippen molar-refractivity contribution in [2.24, 2.45) is 11.8 Å². The van der Waals surface area contributed by atoms with Crippen molar-refractivity contribution >= 4 is 16.9 Å². The minimum atomic E-state index is -0.354. The maximum absolute atomic E-state index is 13.3. The maximum Gasteiger partial charge on any atom is 0.226 e. The normalized spacial score (nSPS) is 21.4. The smallest absolute Gasteiger partial charge is 0.226 e. The molecule has 5 heteroatoms. The number of carbonyl (C=O) groups excluding carboxylic acids is 1. The van der Waals surface area contributed by atoms with Crippen LogP contribution in [0.3, 0.4) is 0 Å². The maximum atomic E-state index is 13.3. The lowest BCUT2D eigenvalue weighted by molar-refractivity contribution is -0.120. The third-order valence-electron chi connectivity index (χ3n) is 4.51. The number of hydrogen-bond acceptors (Lipinski definition) is 3. The number of rotatable bonds is 5. The zero-order chi connectivity index (χ0) is 15.5. The van der Waals surface area contributed by atoms with Crippen LogP contribution in [0.4, 0.5) is 4.39 Å². The topological polar surface area (TPSA) is 55.1 Å². The lowest BCUT2D eigenvalue weighted by Gasteiger charge is -2.10. The highest BCUT2D eigenvalue weighted by Crippen LogP contribution is 2.32. The number of aromatic nitrogens is 1. The van der Waals surface area contributed by atoms with E-state index in [1.54, 1.807) is 0 Å². The Morgan fingerprint density at radius 2 is 2.32 bits per heavy atom. The second kappa shape index (κ2) is 6.46. The molecule has 1 heterocycles. The van der Waals surface area contributed by atoms with Gasteiger partial charge in [0.15, 0.2) is 5.58 Å². The summed E-state index contributed by atoms with van der Waals surface area (Å²) in [5.41, 5.74) is 0.991. The third-order valence-corrected chi connectivity index (χ3v) is 4.51. The lowest BCUT2D eigenvalue weighted by atomic mass is 10.0. The first kappa shape index (κ1) is 15.0. The average molecular weight is 304 g/mol. The van der Waals surface area contributed by atoms with Crippen molar-refractivity contribution in [1.29, 1.82) is 0 Å². The van der Waals surface area contributed by atoms with Crippen molar-refractivity contribution < 1.29 is 13.7 Å². The van der Waals surface area contributed by atoms with Crippen LogP contribution in [0.1, 0.15) is 38.3 Å². The van der Waals surface area contributed by atoms with Crippen molar-refractivity contribution in [1.82, 2.24) is 10.5 Å². The van der Waals surface area contributed by atoms with Crippen molar-refractivity contribution in [3.63, 3.8) is 0 Å². The van der Waals surface area contributed by atoms with E-state index in [1.165, 1.54) is 37.5 Å². The predicted octanol–water partition coefficient (Wildman–Crippen LogP) is 3.45. The first-order valence-corrected chi connectivity index (χ1v) is 7.92. The Morgan fingerprint density at radius 3 is 3.09 bits per heavy atom. The summed E-state index contributed by atoms with van der Waals surface area (Å²) >= 11 is 0. The van der Waals surface area contributed by atoms with Crippen LogP contribution < -0.4 is 5.32 Å². The highest BCUT2D eigenvalue weighted by atomic mass is 19.1. The minimum Gasteiger partial charge on any atom is -0.356 e. The van der Waals surface area contributed by atoms with Gasteiger partial charge in [0.2, 0.25) is 5.91 Å². The largest absolute Gasteiger partial charge is 0.356 e. The van der Waals surface area contributed by atoms with Crippen molar-refractivity contribution in [3.8, 4) is 0 Å². The first-order chi connectivity index (χ1) is 10.6. The van der Waals surface area contributed by atoms with Gasteiger partial charge in [-0.3, -0.25) is 4.79 Å². The summed E-state index contributed by atoms with van der Waals surface area (Å²) < 4.78 is 18.4. The molecule has 22 heavy (non-hydrogen) atoms. The van der Waals surface area contributed by atoms with Gasteiger partial charge in [0.05, 0.1) is 6.42 Å². The number of halogens is 1. The van der Waals surface area contributed by atoms with Gasteiger partial charge in [0.1, 0.15) is 11.5 Å². The predicted molar refractivity (Wildman–Crippen MR) is 81.8 cm³/mol. The van der Waals surface area contributed by atoms with Gasteiger partial charge in [-0.2, -0.15) is 0 Å². The van der Waals surface area contributed by atoms with E-state index in [0.717, 1.165) is 18.3 Å². The molecule has 1 amide bonds. The lowest BCUT2D eigenvalue weighted by Crippen LogP contribution is -2.27. The molecule has 1 fully saturated rings. The summed E-state index contributed by atoms with van der Waals surface area (Å²) in [4.78, 5) is 12.0. The van der Waals surface area contributed by atoms with Crippen LogP contribution in [0, 0.1) is 17.7 Å². The highest BCUT2D eigenvalue weighted by Gasteiger charge is 2.21. The van der Waals surface area contributed by atoms with Gasteiger partial charge in [-0.1, -0.05) is 24.9 Å². The number of amides is 1. The van der Waals surface area contributed by atoms with E-state index in [2.05, 4.69) is 17.4 Å². The molecule has 1 aliphatic rings. The van der Waals surface area contributed by atoms with Crippen molar-refractivity contribution in [2.45, 2.75) is 39.0 Å². The summed E-state index contributed by atoms with van der Waals surface area (Å²) in [5.74, 6) is 1.10. The van der Waals surface area contributed by atoms with Crippen LogP contribution in [-0.2, 0) is 11.2 Å². The molecule has 4 nitrogen and oxygen atoms in total. The van der Waals surface area contributed by atoms with Crippen molar-refractivity contribution in [2.75, 3.05) is 6.54 Å². The van der Waals surface area contributed by atoms with Crippen LogP contribution in [0.25, 0.3) is 11.0 Å². The van der Waals surface area contributed by atoms with E-state index in [9.17, 15) is 9.18 Å². The number of benzene rings is 1. The summed E-state index contributed by atoms with van der Waals surface area (Å²) in [6.45, 7) is 2.98. The minimum absolute atomic E-state index is 0.0921. The number of nitrogens with zero attached hydrogens (tertiary/aromatic N) is 1. The summed E-state index contributed by atoms with van der Waals surface area (Å²) in [6, 6.07) is 4.20. The van der Waals surface area contributed by atoms with Crippen LogP contribution in [0.5, 0.6) is 0 Å². The molecule has 118 valence electrons. The first-order valence-electron chi connectivity index (χ1n) is 7.92. The van der Waals surface area contributed by atoms with E-state index in [0.29, 0.717) is 23.2 Å². The number of nitrogens with one attached hydrogen (secondary N) is 1. The molecule has 1 saturated carbocycles. The van der Waals surface area contributed by atoms with Crippen LogP contribution in [-0.4, -0.2) is 17.6 Å². The van der Waals surface area contributed by atoms with E-state index < -0.39 is 0 Å². The Balaban J connectivity index is 1.51. The molecule has 2 unspecified atom stereocenters. The molecular formula is C17H21FN2O2. The Morgan fingerprint density at radius 1 is 1.45 bits per heavy atom. The Labute approximate surface area is 129 Å². The summed E-state index contributed by atoms with van der Waals surface area (Å²) in [5, 5.41) is 7.37. The average Bonchev–Trinajstić information content (AvgIpc) is 3.06. The molecule has 0 aliphatic heterocycles. The fraction of sp³-hybridized carbons (Fsp3) is 0.529. The van der Waals surface area contributed by atoms with E-state index in [4.69, 9.17) is 4.52 Å². The number of hydrogen-bond donors (Lipinski definition) is 1. The zero-order valence-electron chi connectivity index (χ0n) is 12.8. The van der Waals surface area contributed by atoms with Gasteiger partial charge in [-0.05, 0) is 42.9 Å². The molecule has 2 aromatic rings. The van der Waals surface area contributed by atoms with E-state index in [1.807, 2.05) is 0 Å². The molecule has 1 aromatic carbocycles. The third kappa shape index (κ3) is 3.46. The fourth-order valence-electron chi connectivity index (χ4n) is 3.31. The SMILES string of the molecule is CC1CCC(CCNC(=O)Cc2noc3ccc(F)cc23)C1. The Bertz CT molecular complexity index is 668. The van der Waals surface area contributed by atoms with Crippen molar-refractivity contribution in [3.05, 3.63) is 29.7 Å². The zero-order valence-corrected chi connectivity index (χ0v) is 12.8. The molecular weight excluding hydrogens is 283 g/mol. The fourth-order valence-corrected chi connectivity index (χ4v) is 3.31. The van der Waals surface area contributed by atoms with Gasteiger partial charge in [0, 0.05) is 11.9 Å². The quantitative estimate of drug-likeness (QED) is 0.920. The molecule has 0 radical (unpaired) electrons. The van der Waals surface area contributed by atoms with Gasteiger partial charge in [-0.15, -0.1) is 0 Å². The highest BCUT2D eigenvalue weighted by molar-refractivity contribution is 5.86. The van der Waals surface area contributed by atoms with E-state index >= 15 is 0 Å². The number of carbonyl (C=O) groups is 1. The second-order valence-electron chi connectivity index (χ2n) is 6.37. The summed E-state index contributed by atoms with van der Waals surface area (Å²) in [7, 11) is 0. The molecule has 0 saturated heterocycles. The second-order valence-corrected chi connectivity index (χ2v) is 6.37. The van der Waals surface area contributed by atoms with Crippen LogP contribution >= 0.6 is 0 Å². The molecule has 0 bridgehead atoms. The van der Waals surface area contributed by atoms with E-state index in [-0.39, 0.29) is 18.1 Å². The molecule has 1 aromatic heterocycles. The summed E-state index contributed by atoms with van der Waals surface area (Å²) in [6.07, 6.45) is 4.99.